The van der Waals surface area contributed by atoms with Crippen LogP contribution in [0.1, 0.15) is 38.4 Å². The van der Waals surface area contributed by atoms with Crippen molar-refractivity contribution >= 4 is 11.5 Å². The van der Waals surface area contributed by atoms with Crippen molar-refractivity contribution in [1.29, 1.82) is 0 Å². The third kappa shape index (κ3) is 2.06. The Balaban J connectivity index is 1.68. The molecule has 4 bridgehead atoms. The lowest BCUT2D eigenvalue weighted by molar-refractivity contribution is -0.384. The van der Waals surface area contributed by atoms with Crippen LogP contribution in [0, 0.1) is 20.9 Å². The van der Waals surface area contributed by atoms with Crippen molar-refractivity contribution < 1.29 is 9.72 Å². The van der Waals surface area contributed by atoms with E-state index in [4.69, 9.17) is 0 Å². The van der Waals surface area contributed by atoms with Gasteiger partial charge in [-0.1, -0.05) is 20.3 Å². The van der Waals surface area contributed by atoms with Gasteiger partial charge in [0.2, 0.25) is 0 Å². The van der Waals surface area contributed by atoms with Crippen LogP contribution in [-0.2, 0) is 4.79 Å². The molecule has 6 heteroatoms. The molecule has 0 aliphatic carbocycles. The van der Waals surface area contributed by atoms with Gasteiger partial charge in [0, 0.05) is 38.3 Å². The van der Waals surface area contributed by atoms with Crippen molar-refractivity contribution in [3.8, 4) is 0 Å². The van der Waals surface area contributed by atoms with Crippen molar-refractivity contribution in [1.82, 2.24) is 9.80 Å². The number of carbonyl (C=O) groups excluding carboxylic acids is 1. The number of nitro benzene ring substituents is 1. The number of carbonyl (C=O) groups is 1. The highest BCUT2D eigenvalue weighted by Gasteiger charge is 2.63. The van der Waals surface area contributed by atoms with Crippen molar-refractivity contribution in [3.05, 3.63) is 39.9 Å². The van der Waals surface area contributed by atoms with Crippen molar-refractivity contribution in [2.75, 3.05) is 26.2 Å². The largest absolute Gasteiger partial charge is 0.298 e. The summed E-state index contributed by atoms with van der Waals surface area (Å²) >= 11 is 0. The first-order valence-corrected chi connectivity index (χ1v) is 8.66. The van der Waals surface area contributed by atoms with Gasteiger partial charge >= 0.3 is 0 Å². The Morgan fingerprint density at radius 2 is 1.75 bits per heavy atom. The number of rotatable bonds is 4. The smallest absolute Gasteiger partial charge is 0.269 e. The van der Waals surface area contributed by atoms with Crippen molar-refractivity contribution in [2.45, 2.75) is 32.9 Å². The molecule has 1 aromatic rings. The Morgan fingerprint density at radius 3 is 2.25 bits per heavy atom. The zero-order chi connectivity index (χ0) is 17.1. The minimum absolute atomic E-state index is 0.122. The zero-order valence-electron chi connectivity index (χ0n) is 14.2. The Kier molecular flexibility index (Phi) is 3.34. The normalized spacial score (nSPS) is 40.1. The third-order valence-corrected chi connectivity index (χ3v) is 5.97. The molecule has 0 N–H and O–H groups in total. The summed E-state index contributed by atoms with van der Waals surface area (Å²) in [7, 11) is 0. The third-order valence-electron chi connectivity index (χ3n) is 5.97. The Morgan fingerprint density at radius 1 is 1.17 bits per heavy atom. The molecule has 128 valence electrons. The fourth-order valence-electron chi connectivity index (χ4n) is 5.33. The fourth-order valence-corrected chi connectivity index (χ4v) is 5.33. The van der Waals surface area contributed by atoms with Crippen LogP contribution in [0.25, 0.3) is 0 Å². The maximum absolute atomic E-state index is 13.0. The van der Waals surface area contributed by atoms with Crippen LogP contribution in [0.5, 0.6) is 0 Å². The highest BCUT2D eigenvalue weighted by atomic mass is 16.6. The van der Waals surface area contributed by atoms with Crippen molar-refractivity contribution in [2.24, 2.45) is 10.8 Å². The molecule has 0 radical (unpaired) electrons. The number of nitrogens with zero attached hydrogens (tertiary/aromatic N) is 3. The molecule has 4 heterocycles. The second kappa shape index (κ2) is 5.10. The van der Waals surface area contributed by atoms with Crippen LogP contribution in [0.4, 0.5) is 5.69 Å². The summed E-state index contributed by atoms with van der Waals surface area (Å²) in [5.74, 6) is 0.450. The molecule has 4 aliphatic rings. The Hall–Kier alpha value is -1.79. The first-order chi connectivity index (χ1) is 11.4. The van der Waals surface area contributed by atoms with Gasteiger partial charge < -0.3 is 0 Å². The van der Waals surface area contributed by atoms with Crippen molar-refractivity contribution in [3.63, 3.8) is 0 Å². The average molecular weight is 329 g/mol. The standard InChI is InChI=1S/C18H23N3O3/c1-3-8-18-11-19-9-17(2,16(18)22)10-20(12-18)15(19)13-4-6-14(7-5-13)21(23)24/h4-7,15H,3,8-12H2,1-2H3. The van der Waals surface area contributed by atoms with Gasteiger partial charge in [0.1, 0.15) is 5.78 Å². The Bertz CT molecular complexity index is 684. The molecule has 0 spiro atoms. The number of nitro groups is 1. The molecule has 2 unspecified atom stereocenters. The average Bonchev–Trinajstić information content (AvgIpc) is 2.52. The van der Waals surface area contributed by atoms with Gasteiger partial charge in [-0.15, -0.1) is 0 Å². The lowest BCUT2D eigenvalue weighted by atomic mass is 9.59. The van der Waals surface area contributed by atoms with Gasteiger partial charge in [-0.25, -0.2) is 0 Å². The molecule has 2 atom stereocenters. The molecule has 4 aliphatic heterocycles. The van der Waals surface area contributed by atoms with Crippen LogP contribution in [0.15, 0.2) is 24.3 Å². The minimum atomic E-state index is -0.364. The second-order valence-electron chi connectivity index (χ2n) is 7.95. The summed E-state index contributed by atoms with van der Waals surface area (Å²) in [6.45, 7) is 7.45. The number of piperidine rings is 2. The van der Waals surface area contributed by atoms with Crippen LogP contribution in [0.2, 0.25) is 0 Å². The molecule has 0 aromatic heterocycles. The highest BCUT2D eigenvalue weighted by molar-refractivity contribution is 5.93. The van der Waals surface area contributed by atoms with Gasteiger partial charge in [0.15, 0.2) is 0 Å². The highest BCUT2D eigenvalue weighted by Crippen LogP contribution is 2.53. The van der Waals surface area contributed by atoms with Gasteiger partial charge in [-0.3, -0.25) is 24.7 Å². The summed E-state index contributed by atoms with van der Waals surface area (Å²) in [6, 6.07) is 6.89. The van der Waals surface area contributed by atoms with E-state index in [-0.39, 0.29) is 27.6 Å². The quantitative estimate of drug-likeness (QED) is 0.627. The first kappa shape index (κ1) is 15.7. The van der Waals surface area contributed by atoms with E-state index in [0.29, 0.717) is 5.78 Å². The molecule has 5 rings (SSSR count). The zero-order valence-corrected chi connectivity index (χ0v) is 14.2. The number of Topliss-reactive ketones (excluding diaryl/α,β-unsaturated/α-hetero) is 1. The number of hydrogen-bond acceptors (Lipinski definition) is 5. The monoisotopic (exact) mass is 329 g/mol. The molecule has 4 saturated heterocycles. The molecule has 0 saturated carbocycles. The first-order valence-electron chi connectivity index (χ1n) is 8.66. The van der Waals surface area contributed by atoms with E-state index in [1.54, 1.807) is 12.1 Å². The SMILES string of the molecule is CCCC12CN3CC(C)(CN(C1)C3c1ccc([N+](=O)[O-])cc1)C2=O. The maximum atomic E-state index is 13.0. The molecule has 6 nitrogen and oxygen atoms in total. The minimum Gasteiger partial charge on any atom is -0.298 e. The summed E-state index contributed by atoms with van der Waals surface area (Å²) in [5, 5.41) is 10.9. The lowest BCUT2D eigenvalue weighted by Crippen LogP contribution is -2.76. The van der Waals surface area contributed by atoms with Gasteiger partial charge in [0.05, 0.1) is 21.9 Å². The van der Waals surface area contributed by atoms with E-state index in [1.807, 2.05) is 12.1 Å². The molecule has 4 fully saturated rings. The number of non-ortho nitro benzene ring substituents is 1. The van der Waals surface area contributed by atoms with Gasteiger partial charge in [0.25, 0.3) is 5.69 Å². The number of benzene rings is 1. The molecule has 24 heavy (non-hydrogen) atoms. The number of hydrogen-bond donors (Lipinski definition) is 0. The van der Waals surface area contributed by atoms with E-state index < -0.39 is 0 Å². The molecule has 0 amide bonds. The number of ketones is 1. The molecular weight excluding hydrogens is 306 g/mol. The second-order valence-corrected chi connectivity index (χ2v) is 7.95. The predicted molar refractivity (Wildman–Crippen MR) is 89.4 cm³/mol. The Labute approximate surface area is 141 Å². The lowest BCUT2D eigenvalue weighted by Gasteiger charge is -2.65. The summed E-state index contributed by atoms with van der Waals surface area (Å²) in [6.07, 6.45) is 2.10. The van der Waals surface area contributed by atoms with Gasteiger partial charge in [-0.05, 0) is 24.1 Å². The topological polar surface area (TPSA) is 66.7 Å². The summed E-state index contributed by atoms with van der Waals surface area (Å²) in [4.78, 5) is 28.4. The molecule has 1 aromatic carbocycles. The summed E-state index contributed by atoms with van der Waals surface area (Å²) < 4.78 is 0. The summed E-state index contributed by atoms with van der Waals surface area (Å²) in [5.41, 5.74) is 0.708. The maximum Gasteiger partial charge on any atom is 0.269 e. The van der Waals surface area contributed by atoms with E-state index in [0.717, 1.165) is 44.6 Å². The van der Waals surface area contributed by atoms with E-state index in [9.17, 15) is 14.9 Å². The van der Waals surface area contributed by atoms with E-state index >= 15 is 0 Å². The fraction of sp³-hybridized carbons (Fsp3) is 0.611. The van der Waals surface area contributed by atoms with E-state index in [1.165, 1.54) is 0 Å². The van der Waals surface area contributed by atoms with Gasteiger partial charge in [-0.2, -0.15) is 0 Å². The van der Waals surface area contributed by atoms with Crippen LogP contribution in [-0.4, -0.2) is 46.7 Å². The van der Waals surface area contributed by atoms with Crippen LogP contribution in [0.3, 0.4) is 0 Å². The predicted octanol–water partition coefficient (Wildman–Crippen LogP) is 2.60. The van der Waals surface area contributed by atoms with Crippen LogP contribution < -0.4 is 0 Å². The molecular formula is C18H23N3O3. The van der Waals surface area contributed by atoms with E-state index in [2.05, 4.69) is 23.6 Å². The van der Waals surface area contributed by atoms with Crippen LogP contribution >= 0.6 is 0 Å².